The number of rotatable bonds is 3. The lowest BCUT2D eigenvalue weighted by Gasteiger charge is -2.18. The van der Waals surface area contributed by atoms with Gasteiger partial charge in [-0.2, -0.15) is 0 Å². The molecule has 1 N–H and O–H groups in total. The fourth-order valence-corrected chi connectivity index (χ4v) is 4.76. The van der Waals surface area contributed by atoms with Crippen molar-refractivity contribution in [3.8, 4) is 5.75 Å². The lowest BCUT2D eigenvalue weighted by atomic mass is 9.97. The summed E-state index contributed by atoms with van der Waals surface area (Å²) in [6, 6.07) is 7.40. The van der Waals surface area contributed by atoms with Crippen molar-refractivity contribution in [2.45, 2.75) is 51.2 Å². The zero-order valence-electron chi connectivity index (χ0n) is 12.6. The van der Waals surface area contributed by atoms with Crippen LogP contribution in [-0.2, 0) is 6.42 Å². The maximum absolute atomic E-state index is 5.83. The van der Waals surface area contributed by atoms with Crippen LogP contribution < -0.4 is 10.1 Å². The number of nitrogens with one attached hydrogen (secondary N) is 1. The van der Waals surface area contributed by atoms with Gasteiger partial charge < -0.3 is 10.1 Å². The molecule has 0 spiro atoms. The highest BCUT2D eigenvalue weighted by Crippen LogP contribution is 2.60. The molecule has 2 saturated carbocycles. The van der Waals surface area contributed by atoms with E-state index in [0.29, 0.717) is 12.1 Å². The molecule has 0 amide bonds. The van der Waals surface area contributed by atoms with E-state index < -0.39 is 0 Å². The molecule has 20 heavy (non-hydrogen) atoms. The fourth-order valence-electron chi connectivity index (χ4n) is 4.76. The topological polar surface area (TPSA) is 21.3 Å². The van der Waals surface area contributed by atoms with Gasteiger partial charge in [-0.25, -0.2) is 0 Å². The Morgan fingerprint density at radius 1 is 1.20 bits per heavy atom. The van der Waals surface area contributed by atoms with E-state index in [2.05, 4.69) is 37.5 Å². The van der Waals surface area contributed by atoms with Crippen LogP contribution in [0.4, 0.5) is 0 Å². The smallest absolute Gasteiger partial charge is 0.123 e. The molecule has 2 heteroatoms. The second kappa shape index (κ2) is 4.77. The van der Waals surface area contributed by atoms with Crippen LogP contribution >= 0.6 is 0 Å². The monoisotopic (exact) mass is 271 g/mol. The maximum Gasteiger partial charge on any atom is 0.123 e. The summed E-state index contributed by atoms with van der Waals surface area (Å²) in [5, 5.41) is 3.60. The Bertz CT molecular complexity index is 500. The molecule has 1 heterocycles. The van der Waals surface area contributed by atoms with E-state index in [9.17, 15) is 0 Å². The van der Waals surface area contributed by atoms with Gasteiger partial charge in [-0.15, -0.1) is 0 Å². The lowest BCUT2D eigenvalue weighted by Crippen LogP contribution is -2.20. The average molecular weight is 271 g/mol. The van der Waals surface area contributed by atoms with Crippen molar-refractivity contribution < 1.29 is 4.74 Å². The highest BCUT2D eigenvalue weighted by molar-refractivity contribution is 5.42. The second-order valence-corrected chi connectivity index (χ2v) is 6.96. The summed E-state index contributed by atoms with van der Waals surface area (Å²) >= 11 is 0. The Balaban J connectivity index is 1.58. The SMILES string of the molecule is CNC(c1ccc2c(c1)CC(C)O2)C1C2CCCCC21. The number of hydrogen-bond acceptors (Lipinski definition) is 2. The minimum Gasteiger partial charge on any atom is -0.490 e. The van der Waals surface area contributed by atoms with E-state index >= 15 is 0 Å². The van der Waals surface area contributed by atoms with E-state index in [-0.39, 0.29) is 0 Å². The molecule has 1 aromatic rings. The molecule has 2 aliphatic carbocycles. The van der Waals surface area contributed by atoms with Crippen LogP contribution in [0, 0.1) is 17.8 Å². The zero-order valence-corrected chi connectivity index (χ0v) is 12.6. The molecule has 2 fully saturated rings. The molecule has 3 aliphatic rings. The van der Waals surface area contributed by atoms with Crippen LogP contribution in [0.5, 0.6) is 5.75 Å². The molecule has 4 atom stereocenters. The van der Waals surface area contributed by atoms with Gasteiger partial charge in [0.25, 0.3) is 0 Å². The zero-order chi connectivity index (χ0) is 13.7. The van der Waals surface area contributed by atoms with E-state index in [4.69, 9.17) is 4.74 Å². The van der Waals surface area contributed by atoms with Crippen molar-refractivity contribution in [2.75, 3.05) is 7.05 Å². The Morgan fingerprint density at radius 3 is 2.65 bits per heavy atom. The average Bonchev–Trinajstić information content (AvgIpc) is 3.04. The molecule has 1 aliphatic heterocycles. The van der Waals surface area contributed by atoms with E-state index in [1.165, 1.54) is 36.8 Å². The summed E-state index contributed by atoms with van der Waals surface area (Å²) in [4.78, 5) is 0. The summed E-state index contributed by atoms with van der Waals surface area (Å²) in [7, 11) is 2.13. The highest BCUT2D eigenvalue weighted by atomic mass is 16.5. The van der Waals surface area contributed by atoms with Crippen LogP contribution in [0.25, 0.3) is 0 Å². The quantitative estimate of drug-likeness (QED) is 0.905. The Morgan fingerprint density at radius 2 is 1.95 bits per heavy atom. The molecular formula is C18H25NO. The number of benzene rings is 1. The molecule has 108 valence electrons. The van der Waals surface area contributed by atoms with Gasteiger partial charge in [0.2, 0.25) is 0 Å². The Labute approximate surface area is 121 Å². The largest absolute Gasteiger partial charge is 0.490 e. The van der Waals surface area contributed by atoms with E-state index in [1.807, 2.05) is 0 Å². The Hall–Kier alpha value is -1.02. The van der Waals surface area contributed by atoms with Crippen LogP contribution in [-0.4, -0.2) is 13.2 Å². The molecule has 0 aromatic heterocycles. The summed E-state index contributed by atoms with van der Waals surface area (Å²) in [6.07, 6.45) is 7.22. The van der Waals surface area contributed by atoms with Crippen molar-refractivity contribution in [2.24, 2.45) is 17.8 Å². The molecule has 0 saturated heterocycles. The molecule has 1 aromatic carbocycles. The van der Waals surface area contributed by atoms with Gasteiger partial charge in [0.15, 0.2) is 0 Å². The minimum atomic E-state index is 0.344. The van der Waals surface area contributed by atoms with Crippen molar-refractivity contribution >= 4 is 0 Å². The standard InChI is InChI=1S/C18H25NO/c1-11-9-13-10-12(7-8-16(13)20-11)18(19-2)17-14-5-3-4-6-15(14)17/h7-8,10-11,14-15,17-19H,3-6,9H2,1-2H3. The van der Waals surface area contributed by atoms with Crippen molar-refractivity contribution in [3.63, 3.8) is 0 Å². The first kappa shape index (κ1) is 12.7. The summed E-state index contributed by atoms with van der Waals surface area (Å²) in [5.74, 6) is 3.96. The van der Waals surface area contributed by atoms with Crippen LogP contribution in [0.15, 0.2) is 18.2 Å². The Kier molecular flexibility index (Phi) is 3.03. The number of ether oxygens (including phenoxy) is 1. The van der Waals surface area contributed by atoms with Gasteiger partial charge >= 0.3 is 0 Å². The first-order chi connectivity index (χ1) is 9.78. The van der Waals surface area contributed by atoms with Gasteiger partial charge in [0.05, 0.1) is 0 Å². The third-order valence-corrected chi connectivity index (χ3v) is 5.70. The molecule has 0 bridgehead atoms. The van der Waals surface area contributed by atoms with Crippen LogP contribution in [0.1, 0.15) is 49.8 Å². The van der Waals surface area contributed by atoms with Gasteiger partial charge in [-0.1, -0.05) is 25.0 Å². The number of fused-ring (bicyclic) bond motifs is 2. The van der Waals surface area contributed by atoms with Gasteiger partial charge in [-0.05, 0) is 61.8 Å². The molecule has 2 nitrogen and oxygen atoms in total. The number of hydrogen-bond donors (Lipinski definition) is 1. The normalized spacial score (nSPS) is 35.9. The first-order valence-electron chi connectivity index (χ1n) is 8.24. The highest BCUT2D eigenvalue weighted by Gasteiger charge is 2.54. The van der Waals surface area contributed by atoms with Gasteiger partial charge in [0.1, 0.15) is 11.9 Å². The minimum absolute atomic E-state index is 0.344. The summed E-state index contributed by atoms with van der Waals surface area (Å²) in [6.45, 7) is 2.16. The van der Waals surface area contributed by atoms with Crippen LogP contribution in [0.3, 0.4) is 0 Å². The van der Waals surface area contributed by atoms with Gasteiger partial charge in [-0.3, -0.25) is 0 Å². The predicted octanol–water partition coefficient (Wildman–Crippen LogP) is 3.71. The molecular weight excluding hydrogens is 246 g/mol. The third-order valence-electron chi connectivity index (χ3n) is 5.70. The molecule has 4 unspecified atom stereocenters. The van der Waals surface area contributed by atoms with Crippen molar-refractivity contribution in [1.82, 2.24) is 5.32 Å². The van der Waals surface area contributed by atoms with Crippen molar-refractivity contribution in [3.05, 3.63) is 29.3 Å². The lowest BCUT2D eigenvalue weighted by molar-refractivity contribution is 0.254. The maximum atomic E-state index is 5.83. The van der Waals surface area contributed by atoms with E-state index in [1.54, 1.807) is 0 Å². The summed E-state index contributed by atoms with van der Waals surface area (Å²) < 4.78 is 5.83. The van der Waals surface area contributed by atoms with Gasteiger partial charge in [0, 0.05) is 12.5 Å². The predicted molar refractivity (Wildman–Crippen MR) is 81.0 cm³/mol. The van der Waals surface area contributed by atoms with E-state index in [0.717, 1.165) is 29.9 Å². The van der Waals surface area contributed by atoms with Crippen LogP contribution in [0.2, 0.25) is 0 Å². The fraction of sp³-hybridized carbons (Fsp3) is 0.667. The summed E-state index contributed by atoms with van der Waals surface area (Å²) in [5.41, 5.74) is 2.88. The molecule has 0 radical (unpaired) electrons. The van der Waals surface area contributed by atoms with Crippen molar-refractivity contribution in [1.29, 1.82) is 0 Å². The first-order valence-corrected chi connectivity index (χ1v) is 8.24. The second-order valence-electron chi connectivity index (χ2n) is 6.96. The third kappa shape index (κ3) is 1.96. The molecule has 4 rings (SSSR count).